The number of unbranched alkanes of at least 4 members (excludes halogenated alkanes) is 7. The Bertz CT molecular complexity index is 611. The van der Waals surface area contributed by atoms with Crippen LogP contribution in [0.4, 0.5) is 0 Å². The maximum Gasteiger partial charge on any atom is 0.307 e. The Labute approximate surface area is 218 Å². The SMILES string of the molecule is CCCCC(C)C(OC(=O)CC(CC(=O)O)C(=O)O)C(O)CC(C)CCCCCCCCCC(C)N. The summed E-state index contributed by atoms with van der Waals surface area (Å²) in [6.07, 6.45) is 10.9. The Kier molecular flexibility index (Phi) is 19.4. The van der Waals surface area contributed by atoms with E-state index < -0.39 is 48.9 Å². The van der Waals surface area contributed by atoms with Crippen molar-refractivity contribution in [2.75, 3.05) is 0 Å². The molecular formula is C28H53NO7. The van der Waals surface area contributed by atoms with Crippen LogP contribution < -0.4 is 5.73 Å². The molecule has 6 atom stereocenters. The second-order valence-electron chi connectivity index (χ2n) is 10.8. The zero-order valence-electron chi connectivity index (χ0n) is 23.1. The van der Waals surface area contributed by atoms with Crippen LogP contribution in [0.1, 0.15) is 124 Å². The summed E-state index contributed by atoms with van der Waals surface area (Å²) in [4.78, 5) is 34.7. The van der Waals surface area contributed by atoms with E-state index in [2.05, 4.69) is 13.8 Å². The minimum Gasteiger partial charge on any atom is -0.481 e. The van der Waals surface area contributed by atoms with Crippen molar-refractivity contribution in [2.24, 2.45) is 23.5 Å². The molecule has 0 aliphatic carbocycles. The Morgan fingerprint density at radius 3 is 1.86 bits per heavy atom. The van der Waals surface area contributed by atoms with E-state index in [0.29, 0.717) is 6.42 Å². The number of carbonyl (C=O) groups is 3. The van der Waals surface area contributed by atoms with Crippen LogP contribution in [0, 0.1) is 17.8 Å². The molecule has 0 amide bonds. The van der Waals surface area contributed by atoms with Gasteiger partial charge < -0.3 is 25.8 Å². The molecule has 0 saturated heterocycles. The van der Waals surface area contributed by atoms with E-state index in [1.807, 2.05) is 13.8 Å². The van der Waals surface area contributed by atoms with Crippen LogP contribution in [0.5, 0.6) is 0 Å². The quantitative estimate of drug-likeness (QED) is 0.102. The third-order valence-electron chi connectivity index (χ3n) is 6.90. The standard InChI is InChI=1S/C28H53NO7/c1-5-6-15-21(3)27(36-26(33)19-23(28(34)35)18-25(31)32)24(30)17-20(2)14-12-10-8-7-9-11-13-16-22(4)29/h20-24,27,30H,5-19,29H2,1-4H3,(H,31,32)(H,34,35). The molecule has 0 rings (SSSR count). The summed E-state index contributed by atoms with van der Waals surface area (Å²) in [5, 5.41) is 29.1. The van der Waals surface area contributed by atoms with Gasteiger partial charge in [-0.05, 0) is 38.0 Å². The predicted molar refractivity (Wildman–Crippen MR) is 142 cm³/mol. The number of hydrogen-bond acceptors (Lipinski definition) is 6. The zero-order chi connectivity index (χ0) is 27.5. The zero-order valence-corrected chi connectivity index (χ0v) is 23.1. The predicted octanol–water partition coefficient (Wildman–Crippen LogP) is 5.54. The van der Waals surface area contributed by atoms with Crippen LogP contribution in [0.2, 0.25) is 0 Å². The van der Waals surface area contributed by atoms with Crippen LogP contribution >= 0.6 is 0 Å². The van der Waals surface area contributed by atoms with Crippen molar-refractivity contribution in [1.29, 1.82) is 0 Å². The van der Waals surface area contributed by atoms with E-state index in [-0.39, 0.29) is 17.9 Å². The van der Waals surface area contributed by atoms with Crippen LogP contribution in [0.15, 0.2) is 0 Å². The molecule has 0 heterocycles. The average molecular weight is 516 g/mol. The number of aliphatic hydroxyl groups excluding tert-OH is 1. The lowest BCUT2D eigenvalue weighted by Gasteiger charge is -2.30. The van der Waals surface area contributed by atoms with Gasteiger partial charge in [0.05, 0.1) is 24.9 Å². The maximum atomic E-state index is 12.5. The molecule has 0 aliphatic heterocycles. The lowest BCUT2D eigenvalue weighted by Crippen LogP contribution is -2.38. The van der Waals surface area contributed by atoms with Gasteiger partial charge in [-0.3, -0.25) is 14.4 Å². The second kappa shape index (κ2) is 20.4. The summed E-state index contributed by atoms with van der Waals surface area (Å²) in [5.74, 6) is -4.56. The van der Waals surface area contributed by atoms with Gasteiger partial charge in [-0.2, -0.15) is 0 Å². The first-order valence-electron chi connectivity index (χ1n) is 14.1. The van der Waals surface area contributed by atoms with Crippen LogP contribution in [-0.2, 0) is 19.1 Å². The molecular weight excluding hydrogens is 462 g/mol. The number of carbonyl (C=O) groups excluding carboxylic acids is 1. The van der Waals surface area contributed by atoms with Crippen LogP contribution in [0.3, 0.4) is 0 Å². The number of aliphatic hydroxyl groups is 1. The smallest absolute Gasteiger partial charge is 0.307 e. The number of ether oxygens (including phenoxy) is 1. The van der Waals surface area contributed by atoms with Gasteiger partial charge in [-0.25, -0.2) is 0 Å². The van der Waals surface area contributed by atoms with E-state index >= 15 is 0 Å². The highest BCUT2D eigenvalue weighted by Gasteiger charge is 2.32. The van der Waals surface area contributed by atoms with E-state index in [1.165, 1.54) is 38.5 Å². The molecule has 6 unspecified atom stereocenters. The first-order valence-corrected chi connectivity index (χ1v) is 14.1. The van der Waals surface area contributed by atoms with Crippen molar-refractivity contribution >= 4 is 17.9 Å². The normalized spacial score (nSPS) is 16.5. The van der Waals surface area contributed by atoms with Crippen molar-refractivity contribution in [3.63, 3.8) is 0 Å². The van der Waals surface area contributed by atoms with Crippen molar-refractivity contribution in [3.8, 4) is 0 Å². The molecule has 0 aromatic heterocycles. The molecule has 8 nitrogen and oxygen atoms in total. The molecule has 0 fully saturated rings. The Balaban J connectivity index is 4.64. The fourth-order valence-electron chi connectivity index (χ4n) is 4.63. The minimum absolute atomic E-state index is 0.0823. The molecule has 0 bridgehead atoms. The molecule has 8 heteroatoms. The van der Waals surface area contributed by atoms with Gasteiger partial charge in [0.15, 0.2) is 0 Å². The molecule has 0 aliphatic rings. The maximum absolute atomic E-state index is 12.5. The summed E-state index contributed by atoms with van der Waals surface area (Å²) in [7, 11) is 0. The Morgan fingerprint density at radius 1 is 0.806 bits per heavy atom. The number of esters is 1. The molecule has 212 valence electrons. The van der Waals surface area contributed by atoms with Gasteiger partial charge in [0.25, 0.3) is 0 Å². The van der Waals surface area contributed by atoms with Crippen molar-refractivity contribution in [1.82, 2.24) is 0 Å². The summed E-state index contributed by atoms with van der Waals surface area (Å²) in [6.45, 7) is 8.14. The first-order chi connectivity index (χ1) is 17.0. The van der Waals surface area contributed by atoms with Gasteiger partial charge in [-0.1, -0.05) is 85.0 Å². The van der Waals surface area contributed by atoms with Gasteiger partial charge in [-0.15, -0.1) is 0 Å². The number of rotatable bonds is 23. The molecule has 5 N–H and O–H groups in total. The number of hydrogen-bond donors (Lipinski definition) is 4. The highest BCUT2D eigenvalue weighted by molar-refractivity contribution is 5.82. The van der Waals surface area contributed by atoms with Crippen LogP contribution in [-0.4, -0.2) is 51.5 Å². The molecule has 36 heavy (non-hydrogen) atoms. The largest absolute Gasteiger partial charge is 0.481 e. The van der Waals surface area contributed by atoms with Gasteiger partial charge >= 0.3 is 17.9 Å². The molecule has 0 aromatic rings. The number of carboxylic acids is 2. The average Bonchev–Trinajstić information content (AvgIpc) is 2.78. The fraction of sp³-hybridized carbons (Fsp3) is 0.893. The van der Waals surface area contributed by atoms with Gasteiger partial charge in [0.2, 0.25) is 0 Å². The Morgan fingerprint density at radius 2 is 1.36 bits per heavy atom. The van der Waals surface area contributed by atoms with E-state index in [1.54, 1.807) is 0 Å². The lowest BCUT2D eigenvalue weighted by atomic mass is 9.88. The topological polar surface area (TPSA) is 147 Å². The molecule has 0 spiro atoms. The highest BCUT2D eigenvalue weighted by Crippen LogP contribution is 2.26. The summed E-state index contributed by atoms with van der Waals surface area (Å²) in [5.41, 5.74) is 5.78. The number of aliphatic carboxylic acids is 2. The monoisotopic (exact) mass is 515 g/mol. The molecule has 0 saturated carbocycles. The summed E-state index contributed by atoms with van der Waals surface area (Å²) >= 11 is 0. The van der Waals surface area contributed by atoms with Crippen molar-refractivity contribution in [2.45, 2.75) is 142 Å². The third kappa shape index (κ3) is 17.7. The molecule has 0 aromatic carbocycles. The second-order valence-corrected chi connectivity index (χ2v) is 10.8. The van der Waals surface area contributed by atoms with E-state index in [9.17, 15) is 24.6 Å². The first kappa shape index (κ1) is 34.3. The van der Waals surface area contributed by atoms with E-state index in [4.69, 9.17) is 15.6 Å². The third-order valence-corrected chi connectivity index (χ3v) is 6.90. The van der Waals surface area contributed by atoms with Crippen LogP contribution in [0.25, 0.3) is 0 Å². The van der Waals surface area contributed by atoms with Crippen molar-refractivity contribution < 1.29 is 34.4 Å². The fourth-order valence-corrected chi connectivity index (χ4v) is 4.63. The minimum atomic E-state index is -1.35. The highest BCUT2D eigenvalue weighted by atomic mass is 16.6. The van der Waals surface area contributed by atoms with Gasteiger partial charge in [0, 0.05) is 6.04 Å². The number of carboxylic acid groups (broad SMARTS) is 2. The molecule has 0 radical (unpaired) electrons. The van der Waals surface area contributed by atoms with Gasteiger partial charge in [0.1, 0.15) is 6.10 Å². The van der Waals surface area contributed by atoms with E-state index in [0.717, 1.165) is 38.5 Å². The number of nitrogens with two attached hydrogens (primary N) is 1. The van der Waals surface area contributed by atoms with Crippen molar-refractivity contribution in [3.05, 3.63) is 0 Å². The Hall–Kier alpha value is -1.67. The summed E-state index contributed by atoms with van der Waals surface area (Å²) < 4.78 is 5.59. The summed E-state index contributed by atoms with van der Waals surface area (Å²) in [6, 6.07) is 0.290. The lowest BCUT2D eigenvalue weighted by molar-refractivity contribution is -0.165.